The van der Waals surface area contributed by atoms with E-state index in [9.17, 15) is 9.59 Å². The summed E-state index contributed by atoms with van der Waals surface area (Å²) >= 11 is 0. The van der Waals surface area contributed by atoms with Gasteiger partial charge in [-0.2, -0.15) is 0 Å². The van der Waals surface area contributed by atoms with E-state index in [4.69, 9.17) is 4.74 Å². The molecule has 0 spiro atoms. The van der Waals surface area contributed by atoms with E-state index >= 15 is 0 Å². The molecule has 4 rings (SSSR count). The van der Waals surface area contributed by atoms with E-state index in [1.165, 1.54) is 0 Å². The van der Waals surface area contributed by atoms with Gasteiger partial charge in [0.1, 0.15) is 5.82 Å². The van der Waals surface area contributed by atoms with E-state index < -0.39 is 0 Å². The van der Waals surface area contributed by atoms with Crippen molar-refractivity contribution in [3.05, 3.63) is 23.9 Å². The summed E-state index contributed by atoms with van der Waals surface area (Å²) in [6, 6.07) is 4.15. The smallest absolute Gasteiger partial charge is 0.317 e. The minimum atomic E-state index is -0.110. The summed E-state index contributed by atoms with van der Waals surface area (Å²) in [5.74, 6) is 0.913. The molecule has 0 aromatic carbocycles. The number of urea groups is 1. The molecule has 2 aliphatic heterocycles. The summed E-state index contributed by atoms with van der Waals surface area (Å²) in [4.78, 5) is 33.5. The van der Waals surface area contributed by atoms with Crippen LogP contribution in [0.1, 0.15) is 31.2 Å². The van der Waals surface area contributed by atoms with Crippen LogP contribution in [0.25, 0.3) is 0 Å². The van der Waals surface area contributed by atoms with E-state index in [2.05, 4.69) is 20.5 Å². The molecule has 0 radical (unpaired) electrons. The van der Waals surface area contributed by atoms with Gasteiger partial charge in [-0.1, -0.05) is 6.07 Å². The Bertz CT molecular complexity index is 703. The van der Waals surface area contributed by atoms with Crippen LogP contribution in [0.3, 0.4) is 0 Å². The van der Waals surface area contributed by atoms with Crippen molar-refractivity contribution in [1.29, 1.82) is 0 Å². The molecule has 8 nitrogen and oxygen atoms in total. The van der Waals surface area contributed by atoms with Crippen LogP contribution in [0, 0.1) is 5.92 Å². The van der Waals surface area contributed by atoms with Gasteiger partial charge < -0.3 is 25.2 Å². The maximum atomic E-state index is 12.7. The van der Waals surface area contributed by atoms with Gasteiger partial charge in [-0.05, 0) is 31.7 Å². The minimum absolute atomic E-state index is 0.0950. The molecule has 2 saturated heterocycles. The third kappa shape index (κ3) is 4.73. The number of likely N-dealkylation sites (tertiary alicyclic amines) is 1. The van der Waals surface area contributed by atoms with Crippen molar-refractivity contribution in [2.45, 2.75) is 38.3 Å². The summed E-state index contributed by atoms with van der Waals surface area (Å²) in [6.07, 6.45) is 5.66. The highest BCUT2D eigenvalue weighted by Gasteiger charge is 2.32. The number of amides is 3. The number of piperidine rings is 1. The molecule has 1 aromatic rings. The van der Waals surface area contributed by atoms with Crippen molar-refractivity contribution in [3.8, 4) is 0 Å². The zero-order chi connectivity index (χ0) is 19.3. The average Bonchev–Trinajstić information content (AvgIpc) is 3.57. The van der Waals surface area contributed by atoms with Crippen LogP contribution in [0.4, 0.5) is 10.6 Å². The Morgan fingerprint density at radius 3 is 2.79 bits per heavy atom. The molecule has 3 heterocycles. The zero-order valence-electron chi connectivity index (χ0n) is 16.2. The topological polar surface area (TPSA) is 86.8 Å². The molecule has 3 fully saturated rings. The van der Waals surface area contributed by atoms with Gasteiger partial charge in [-0.25, -0.2) is 9.78 Å². The van der Waals surface area contributed by atoms with Gasteiger partial charge in [0.15, 0.2) is 0 Å². The fourth-order valence-corrected chi connectivity index (χ4v) is 3.83. The highest BCUT2D eigenvalue weighted by Crippen LogP contribution is 2.23. The van der Waals surface area contributed by atoms with E-state index in [0.717, 1.165) is 50.2 Å². The lowest BCUT2D eigenvalue weighted by atomic mass is 9.97. The molecule has 1 aromatic heterocycles. The first-order chi connectivity index (χ1) is 13.7. The number of anilines is 1. The number of morpholine rings is 1. The molecule has 1 saturated carbocycles. The largest absolute Gasteiger partial charge is 0.378 e. The fraction of sp³-hybridized carbons (Fsp3) is 0.650. The van der Waals surface area contributed by atoms with Gasteiger partial charge in [-0.3, -0.25) is 4.79 Å². The number of rotatable bonds is 5. The summed E-state index contributed by atoms with van der Waals surface area (Å²) < 4.78 is 5.42. The third-order valence-electron chi connectivity index (χ3n) is 5.61. The number of carbonyl (C=O) groups is 2. The van der Waals surface area contributed by atoms with Crippen LogP contribution < -0.4 is 15.5 Å². The molecule has 8 heteroatoms. The first kappa shape index (κ1) is 19.0. The quantitative estimate of drug-likeness (QED) is 0.791. The fourth-order valence-electron chi connectivity index (χ4n) is 3.83. The standard InChI is InChI=1S/C20H29N5O3/c26-19(23-17-5-6-17)16-4-2-8-25(14-16)20(27)22-13-15-3-1-7-21-18(15)24-9-11-28-12-10-24/h1,3,7,16-17H,2,4-6,8-14H2,(H,22,27)(H,23,26). The molecule has 1 unspecified atom stereocenters. The zero-order valence-corrected chi connectivity index (χ0v) is 16.2. The van der Waals surface area contributed by atoms with Gasteiger partial charge in [0, 0.05) is 50.5 Å². The molecule has 3 aliphatic rings. The number of hydrogen-bond acceptors (Lipinski definition) is 5. The van der Waals surface area contributed by atoms with E-state index in [-0.39, 0.29) is 17.9 Å². The number of carbonyl (C=O) groups excluding carboxylic acids is 2. The van der Waals surface area contributed by atoms with Crippen LogP contribution >= 0.6 is 0 Å². The summed E-state index contributed by atoms with van der Waals surface area (Å²) in [6.45, 7) is 4.62. The Kier molecular flexibility index (Phi) is 5.95. The second kappa shape index (κ2) is 8.77. The Labute approximate surface area is 165 Å². The van der Waals surface area contributed by atoms with E-state index in [0.29, 0.717) is 38.9 Å². The molecular weight excluding hydrogens is 358 g/mol. The van der Waals surface area contributed by atoms with Gasteiger partial charge in [0.2, 0.25) is 5.91 Å². The van der Waals surface area contributed by atoms with Gasteiger partial charge in [0.05, 0.1) is 19.1 Å². The highest BCUT2D eigenvalue weighted by molar-refractivity contribution is 5.81. The van der Waals surface area contributed by atoms with Crippen molar-refractivity contribution in [3.63, 3.8) is 0 Å². The number of nitrogens with zero attached hydrogens (tertiary/aromatic N) is 3. The van der Waals surface area contributed by atoms with Crippen LogP contribution in [-0.2, 0) is 16.1 Å². The Balaban J connectivity index is 1.32. The molecule has 1 atom stereocenters. The molecule has 28 heavy (non-hydrogen) atoms. The second-order valence-electron chi connectivity index (χ2n) is 7.81. The highest BCUT2D eigenvalue weighted by atomic mass is 16.5. The van der Waals surface area contributed by atoms with Crippen molar-refractivity contribution < 1.29 is 14.3 Å². The number of aromatic nitrogens is 1. The number of pyridine rings is 1. The van der Waals surface area contributed by atoms with Crippen LogP contribution in [-0.4, -0.2) is 67.3 Å². The molecule has 3 amide bonds. The number of ether oxygens (including phenoxy) is 1. The van der Waals surface area contributed by atoms with Crippen molar-refractivity contribution >= 4 is 17.8 Å². The predicted molar refractivity (Wildman–Crippen MR) is 105 cm³/mol. The Morgan fingerprint density at radius 1 is 1.18 bits per heavy atom. The van der Waals surface area contributed by atoms with Crippen molar-refractivity contribution in [2.24, 2.45) is 5.92 Å². The minimum Gasteiger partial charge on any atom is -0.378 e. The average molecular weight is 387 g/mol. The lowest BCUT2D eigenvalue weighted by molar-refractivity contribution is -0.126. The maximum absolute atomic E-state index is 12.7. The van der Waals surface area contributed by atoms with Gasteiger partial charge in [0.25, 0.3) is 0 Å². The van der Waals surface area contributed by atoms with Gasteiger partial charge in [-0.15, -0.1) is 0 Å². The first-order valence-corrected chi connectivity index (χ1v) is 10.3. The first-order valence-electron chi connectivity index (χ1n) is 10.3. The van der Waals surface area contributed by atoms with Crippen LogP contribution in [0.15, 0.2) is 18.3 Å². The summed E-state index contributed by atoms with van der Waals surface area (Å²) in [5.41, 5.74) is 0.998. The molecule has 152 valence electrons. The monoisotopic (exact) mass is 387 g/mol. The third-order valence-corrected chi connectivity index (χ3v) is 5.61. The lowest BCUT2D eigenvalue weighted by Gasteiger charge is -2.32. The summed E-state index contributed by atoms with van der Waals surface area (Å²) in [7, 11) is 0. The van der Waals surface area contributed by atoms with E-state index in [1.807, 2.05) is 12.1 Å². The summed E-state index contributed by atoms with van der Waals surface area (Å²) in [5, 5.41) is 6.08. The van der Waals surface area contributed by atoms with Crippen LogP contribution in [0.2, 0.25) is 0 Å². The van der Waals surface area contributed by atoms with Crippen molar-refractivity contribution in [1.82, 2.24) is 20.5 Å². The second-order valence-corrected chi connectivity index (χ2v) is 7.81. The van der Waals surface area contributed by atoms with Crippen LogP contribution in [0.5, 0.6) is 0 Å². The molecule has 0 bridgehead atoms. The number of hydrogen-bond donors (Lipinski definition) is 2. The predicted octanol–water partition coefficient (Wildman–Crippen LogP) is 1.12. The number of nitrogens with one attached hydrogen (secondary N) is 2. The Hall–Kier alpha value is -2.35. The normalized spacial score (nSPS) is 22.6. The maximum Gasteiger partial charge on any atom is 0.317 e. The van der Waals surface area contributed by atoms with Crippen molar-refractivity contribution in [2.75, 3.05) is 44.3 Å². The SMILES string of the molecule is O=C(NC1CC1)C1CCCN(C(=O)NCc2cccnc2N2CCOCC2)C1. The Morgan fingerprint density at radius 2 is 2.00 bits per heavy atom. The van der Waals surface area contributed by atoms with E-state index in [1.54, 1.807) is 11.1 Å². The molecular formula is C20H29N5O3. The molecule has 2 N–H and O–H groups in total. The van der Waals surface area contributed by atoms with Gasteiger partial charge >= 0.3 is 6.03 Å². The molecule has 1 aliphatic carbocycles. The lowest BCUT2D eigenvalue weighted by Crippen LogP contribution is -2.49.